The number of rotatable bonds is 2. The topological polar surface area (TPSA) is 9.23 Å². The number of para-hydroxylation sites is 1. The Labute approximate surface area is 77.6 Å². The minimum Gasteiger partial charge on any atom is -0.495 e. The van der Waals surface area contributed by atoms with Gasteiger partial charge in [-0.25, -0.2) is 0 Å². The van der Waals surface area contributed by atoms with Crippen LogP contribution in [0.5, 0.6) is 5.75 Å². The Hall–Kier alpha value is -0.950. The molecule has 0 aliphatic rings. The molecule has 0 spiro atoms. The zero-order chi connectivity index (χ0) is 8.97. The Morgan fingerprint density at radius 1 is 1.50 bits per heavy atom. The third-order valence-electron chi connectivity index (χ3n) is 1.50. The van der Waals surface area contributed by atoms with Crippen LogP contribution < -0.4 is 4.74 Å². The molecule has 0 atom stereocenters. The summed E-state index contributed by atoms with van der Waals surface area (Å²) in [6, 6.07) is 5.59. The van der Waals surface area contributed by atoms with Crippen LogP contribution in [-0.2, 0) is 0 Å². The molecule has 0 unspecified atom stereocenters. The van der Waals surface area contributed by atoms with Gasteiger partial charge in [-0.05, 0) is 13.0 Å². The molecular weight excluding hydrogens is 172 g/mol. The van der Waals surface area contributed by atoms with Gasteiger partial charge in [-0.2, -0.15) is 0 Å². The van der Waals surface area contributed by atoms with Crippen molar-refractivity contribution in [3.05, 3.63) is 41.8 Å². The Bertz CT molecular complexity index is 292. The van der Waals surface area contributed by atoms with Gasteiger partial charge in [-0.3, -0.25) is 0 Å². The highest BCUT2D eigenvalue weighted by atomic mass is 35.5. The lowest BCUT2D eigenvalue weighted by atomic mass is 10.2. The van der Waals surface area contributed by atoms with Gasteiger partial charge < -0.3 is 4.74 Å². The molecule has 0 saturated heterocycles. The number of hydrogen-bond donors (Lipinski definition) is 0. The Balaban J connectivity index is 3.18. The molecule has 1 aromatic rings. The van der Waals surface area contributed by atoms with Crippen LogP contribution in [0.15, 0.2) is 24.3 Å². The summed E-state index contributed by atoms with van der Waals surface area (Å²) in [5.41, 5.74) is 0.944. The van der Waals surface area contributed by atoms with E-state index in [0.29, 0.717) is 10.8 Å². The van der Waals surface area contributed by atoms with Crippen LogP contribution >= 0.6 is 11.6 Å². The lowest BCUT2D eigenvalue weighted by Gasteiger charge is -2.05. The van der Waals surface area contributed by atoms with E-state index in [1.165, 1.54) is 0 Å². The van der Waals surface area contributed by atoms with Crippen molar-refractivity contribution in [2.75, 3.05) is 7.11 Å². The number of hydrogen-bond acceptors (Lipinski definition) is 1. The minimum absolute atomic E-state index is 0.619. The van der Waals surface area contributed by atoms with Gasteiger partial charge >= 0.3 is 0 Å². The Kier molecular flexibility index (Phi) is 3.18. The van der Waals surface area contributed by atoms with Crippen LogP contribution in [-0.4, -0.2) is 7.11 Å². The minimum atomic E-state index is 0.619. The first-order chi connectivity index (χ1) is 5.79. The van der Waals surface area contributed by atoms with E-state index in [4.69, 9.17) is 16.3 Å². The van der Waals surface area contributed by atoms with Gasteiger partial charge in [0.05, 0.1) is 12.1 Å². The van der Waals surface area contributed by atoms with Crippen LogP contribution in [0.4, 0.5) is 0 Å². The van der Waals surface area contributed by atoms with Crippen LogP contribution in [0, 0.1) is 6.92 Å². The standard InChI is InChI=1S/C10H10ClO/c1-3-5-8-6-4-7-9(11)10(8)12-2/h3-7H,1H2,2H3. The summed E-state index contributed by atoms with van der Waals surface area (Å²) in [5.74, 6) is 0.694. The highest BCUT2D eigenvalue weighted by molar-refractivity contribution is 6.32. The zero-order valence-corrected chi connectivity index (χ0v) is 7.64. The van der Waals surface area contributed by atoms with Gasteiger partial charge in [0.15, 0.2) is 0 Å². The van der Waals surface area contributed by atoms with E-state index in [9.17, 15) is 0 Å². The van der Waals surface area contributed by atoms with Crippen LogP contribution in [0.25, 0.3) is 6.08 Å². The molecule has 1 radical (unpaired) electrons. The van der Waals surface area contributed by atoms with Crippen molar-refractivity contribution in [3.63, 3.8) is 0 Å². The van der Waals surface area contributed by atoms with Gasteiger partial charge in [0.1, 0.15) is 5.75 Å². The third kappa shape index (κ3) is 1.80. The monoisotopic (exact) mass is 181 g/mol. The molecule has 12 heavy (non-hydrogen) atoms. The molecule has 1 nitrogen and oxygen atoms in total. The molecule has 0 N–H and O–H groups in total. The highest BCUT2D eigenvalue weighted by Gasteiger charge is 2.02. The molecule has 1 rings (SSSR count). The first kappa shape index (κ1) is 9.14. The quantitative estimate of drug-likeness (QED) is 0.681. The van der Waals surface area contributed by atoms with Crippen molar-refractivity contribution < 1.29 is 4.74 Å². The molecule has 0 aromatic heterocycles. The van der Waals surface area contributed by atoms with Crippen molar-refractivity contribution >= 4 is 17.7 Å². The molecule has 0 amide bonds. The smallest absolute Gasteiger partial charge is 0.144 e. The third-order valence-corrected chi connectivity index (χ3v) is 1.80. The maximum Gasteiger partial charge on any atom is 0.144 e. The van der Waals surface area contributed by atoms with Crippen LogP contribution in [0.2, 0.25) is 5.02 Å². The number of halogens is 1. The summed E-state index contributed by atoms with van der Waals surface area (Å²) < 4.78 is 5.12. The molecule has 0 fully saturated rings. The van der Waals surface area contributed by atoms with Crippen molar-refractivity contribution in [2.45, 2.75) is 0 Å². The number of allylic oxidation sites excluding steroid dienone is 1. The number of ether oxygens (including phenoxy) is 1. The van der Waals surface area contributed by atoms with Crippen molar-refractivity contribution in [2.24, 2.45) is 0 Å². The van der Waals surface area contributed by atoms with E-state index >= 15 is 0 Å². The number of methoxy groups -OCH3 is 1. The summed E-state index contributed by atoms with van der Waals surface area (Å²) in [5, 5.41) is 0.619. The fourth-order valence-electron chi connectivity index (χ4n) is 0.999. The second kappa shape index (κ2) is 4.17. The molecular formula is C10H10ClO. The lowest BCUT2D eigenvalue weighted by molar-refractivity contribution is 0.414. The SMILES string of the molecule is [CH2]C=Cc1cccc(Cl)c1OC. The van der Waals surface area contributed by atoms with Gasteiger partial charge in [0, 0.05) is 5.56 Å². The molecule has 0 heterocycles. The van der Waals surface area contributed by atoms with E-state index in [0.717, 1.165) is 5.56 Å². The summed E-state index contributed by atoms with van der Waals surface area (Å²) in [4.78, 5) is 0. The maximum absolute atomic E-state index is 5.89. The second-order valence-electron chi connectivity index (χ2n) is 2.26. The van der Waals surface area contributed by atoms with Gasteiger partial charge in [-0.1, -0.05) is 35.9 Å². The molecule has 0 aliphatic heterocycles. The molecule has 63 valence electrons. The van der Waals surface area contributed by atoms with Crippen molar-refractivity contribution in [3.8, 4) is 5.75 Å². The van der Waals surface area contributed by atoms with E-state index < -0.39 is 0 Å². The average Bonchev–Trinajstić information content (AvgIpc) is 2.05. The molecule has 1 aromatic carbocycles. The predicted molar refractivity (Wildman–Crippen MR) is 52.4 cm³/mol. The Morgan fingerprint density at radius 2 is 2.25 bits per heavy atom. The zero-order valence-electron chi connectivity index (χ0n) is 6.88. The maximum atomic E-state index is 5.89. The molecule has 0 saturated carbocycles. The fraction of sp³-hybridized carbons (Fsp3) is 0.100. The summed E-state index contributed by atoms with van der Waals surface area (Å²) in [6.07, 6.45) is 3.55. The molecule has 2 heteroatoms. The highest BCUT2D eigenvalue weighted by Crippen LogP contribution is 2.28. The van der Waals surface area contributed by atoms with Crippen LogP contribution in [0.3, 0.4) is 0 Å². The average molecular weight is 182 g/mol. The Morgan fingerprint density at radius 3 is 2.83 bits per heavy atom. The van der Waals surface area contributed by atoms with E-state index in [2.05, 4.69) is 6.92 Å². The summed E-state index contributed by atoms with van der Waals surface area (Å²) in [7, 11) is 1.60. The predicted octanol–water partition coefficient (Wildman–Crippen LogP) is 3.20. The molecule has 0 aliphatic carbocycles. The lowest BCUT2D eigenvalue weighted by Crippen LogP contribution is -1.87. The van der Waals surface area contributed by atoms with E-state index in [-0.39, 0.29) is 0 Å². The fourth-order valence-corrected chi connectivity index (χ4v) is 1.26. The van der Waals surface area contributed by atoms with Crippen molar-refractivity contribution in [1.29, 1.82) is 0 Å². The summed E-state index contributed by atoms with van der Waals surface area (Å²) >= 11 is 5.89. The normalized spacial score (nSPS) is 10.6. The van der Waals surface area contributed by atoms with Crippen molar-refractivity contribution in [1.82, 2.24) is 0 Å². The molecule has 0 bridgehead atoms. The van der Waals surface area contributed by atoms with Gasteiger partial charge in [0.25, 0.3) is 0 Å². The van der Waals surface area contributed by atoms with Gasteiger partial charge in [-0.15, -0.1) is 0 Å². The van der Waals surface area contributed by atoms with E-state index in [1.807, 2.05) is 18.2 Å². The van der Waals surface area contributed by atoms with E-state index in [1.54, 1.807) is 19.3 Å². The summed E-state index contributed by atoms with van der Waals surface area (Å²) in [6.45, 7) is 3.61. The van der Waals surface area contributed by atoms with Gasteiger partial charge in [0.2, 0.25) is 0 Å². The first-order valence-corrected chi connectivity index (χ1v) is 3.95. The number of benzene rings is 1. The largest absolute Gasteiger partial charge is 0.495 e. The van der Waals surface area contributed by atoms with Crippen LogP contribution in [0.1, 0.15) is 5.56 Å². The first-order valence-electron chi connectivity index (χ1n) is 3.58. The second-order valence-corrected chi connectivity index (χ2v) is 2.67.